The van der Waals surface area contributed by atoms with Crippen LogP contribution >= 0.6 is 15.9 Å². The van der Waals surface area contributed by atoms with Gasteiger partial charge in [-0.15, -0.1) is 0 Å². The van der Waals surface area contributed by atoms with E-state index in [2.05, 4.69) is 66.3 Å². The number of ether oxygens (including phenoxy) is 1. The maximum atomic E-state index is 5.23. The van der Waals surface area contributed by atoms with Crippen LogP contribution in [0.1, 0.15) is 32.8 Å². The van der Waals surface area contributed by atoms with Gasteiger partial charge in [0.1, 0.15) is 0 Å². The average Bonchev–Trinajstić information content (AvgIpc) is 2.42. The van der Waals surface area contributed by atoms with Crippen LogP contribution in [0.15, 0.2) is 28.7 Å². The molecule has 20 heavy (non-hydrogen) atoms. The van der Waals surface area contributed by atoms with Crippen LogP contribution in [0, 0.1) is 11.8 Å². The largest absolute Gasteiger partial charge is 0.385 e. The van der Waals surface area contributed by atoms with Gasteiger partial charge in [0.25, 0.3) is 0 Å². The highest BCUT2D eigenvalue weighted by Gasteiger charge is 2.18. The second-order valence-corrected chi connectivity index (χ2v) is 6.83. The minimum atomic E-state index is 0.539. The van der Waals surface area contributed by atoms with E-state index >= 15 is 0 Å². The molecule has 2 unspecified atom stereocenters. The zero-order valence-electron chi connectivity index (χ0n) is 13.2. The van der Waals surface area contributed by atoms with Crippen LogP contribution in [-0.2, 0) is 11.2 Å². The predicted molar refractivity (Wildman–Crippen MR) is 90.1 cm³/mol. The van der Waals surface area contributed by atoms with E-state index in [4.69, 9.17) is 4.74 Å². The van der Waals surface area contributed by atoms with Crippen molar-refractivity contribution in [2.24, 2.45) is 11.8 Å². The monoisotopic (exact) mass is 341 g/mol. The van der Waals surface area contributed by atoms with E-state index in [1.807, 2.05) is 0 Å². The molecule has 0 amide bonds. The Kier molecular flexibility index (Phi) is 8.43. The zero-order chi connectivity index (χ0) is 15.0. The van der Waals surface area contributed by atoms with Crippen LogP contribution < -0.4 is 5.32 Å². The molecule has 0 saturated carbocycles. The van der Waals surface area contributed by atoms with Crippen LogP contribution in [0.2, 0.25) is 0 Å². The molecule has 0 radical (unpaired) electrons. The Balaban J connectivity index is 2.62. The van der Waals surface area contributed by atoms with Crippen LogP contribution in [0.25, 0.3) is 0 Å². The molecular weight excluding hydrogens is 314 g/mol. The highest BCUT2D eigenvalue weighted by molar-refractivity contribution is 9.10. The summed E-state index contributed by atoms with van der Waals surface area (Å²) < 4.78 is 6.37. The van der Waals surface area contributed by atoms with Crippen molar-refractivity contribution in [2.45, 2.75) is 39.7 Å². The molecule has 0 aliphatic rings. The molecule has 1 aromatic carbocycles. The lowest BCUT2D eigenvalue weighted by atomic mass is 9.86. The van der Waals surface area contributed by atoms with E-state index in [9.17, 15) is 0 Å². The second kappa shape index (κ2) is 9.54. The molecule has 0 bridgehead atoms. The molecule has 1 aromatic rings. The maximum Gasteiger partial charge on any atom is 0.0464 e. The van der Waals surface area contributed by atoms with E-state index in [-0.39, 0.29) is 0 Å². The van der Waals surface area contributed by atoms with Gasteiger partial charge in [-0.05, 0) is 48.9 Å². The Morgan fingerprint density at radius 2 is 1.80 bits per heavy atom. The minimum Gasteiger partial charge on any atom is -0.385 e. The van der Waals surface area contributed by atoms with Gasteiger partial charge in [-0.1, -0.05) is 48.8 Å². The quantitative estimate of drug-likeness (QED) is 0.723. The molecule has 0 saturated heterocycles. The Morgan fingerprint density at radius 3 is 2.35 bits per heavy atom. The van der Waals surface area contributed by atoms with Gasteiger partial charge in [-0.3, -0.25) is 0 Å². The van der Waals surface area contributed by atoms with Crippen molar-refractivity contribution in [3.8, 4) is 0 Å². The summed E-state index contributed by atoms with van der Waals surface area (Å²) in [4.78, 5) is 0. The summed E-state index contributed by atoms with van der Waals surface area (Å²) in [7, 11) is 1.78. The van der Waals surface area contributed by atoms with Gasteiger partial charge in [0.05, 0.1) is 0 Å². The molecule has 1 N–H and O–H groups in total. The Labute approximate surface area is 132 Å². The lowest BCUT2D eigenvalue weighted by Crippen LogP contribution is -2.33. The first-order valence-corrected chi connectivity index (χ1v) is 8.29. The van der Waals surface area contributed by atoms with Gasteiger partial charge >= 0.3 is 0 Å². The molecule has 0 spiro atoms. The van der Waals surface area contributed by atoms with Gasteiger partial charge in [-0.2, -0.15) is 0 Å². The fourth-order valence-electron chi connectivity index (χ4n) is 2.32. The summed E-state index contributed by atoms with van der Waals surface area (Å²) in [6.45, 7) is 8.66. The van der Waals surface area contributed by atoms with Crippen LogP contribution in [-0.4, -0.2) is 26.3 Å². The number of methoxy groups -OCH3 is 1. The third-order valence-electron chi connectivity index (χ3n) is 3.78. The van der Waals surface area contributed by atoms with E-state index in [1.165, 1.54) is 5.56 Å². The fraction of sp³-hybridized carbons (Fsp3) is 0.647. The summed E-state index contributed by atoms with van der Waals surface area (Å²) in [6.07, 6.45) is 2.25. The highest BCUT2D eigenvalue weighted by atomic mass is 79.9. The molecule has 2 atom stereocenters. The lowest BCUT2D eigenvalue weighted by molar-refractivity contribution is 0.163. The third kappa shape index (κ3) is 6.87. The summed E-state index contributed by atoms with van der Waals surface area (Å²) in [6, 6.07) is 9.23. The third-order valence-corrected chi connectivity index (χ3v) is 4.31. The van der Waals surface area contributed by atoms with Gasteiger partial charge in [-0.25, -0.2) is 0 Å². The van der Waals surface area contributed by atoms with E-state index in [0.29, 0.717) is 17.9 Å². The molecule has 0 aliphatic heterocycles. The molecule has 3 heteroatoms. The van der Waals surface area contributed by atoms with Crippen molar-refractivity contribution in [1.29, 1.82) is 0 Å². The summed E-state index contributed by atoms with van der Waals surface area (Å²) >= 11 is 3.50. The van der Waals surface area contributed by atoms with Crippen molar-refractivity contribution >= 4 is 15.9 Å². The topological polar surface area (TPSA) is 21.3 Å². The first-order valence-electron chi connectivity index (χ1n) is 7.49. The Morgan fingerprint density at radius 1 is 1.15 bits per heavy atom. The van der Waals surface area contributed by atoms with E-state index < -0.39 is 0 Å². The lowest BCUT2D eigenvalue weighted by Gasteiger charge is -2.25. The second-order valence-electron chi connectivity index (χ2n) is 5.91. The smallest absolute Gasteiger partial charge is 0.0464 e. The maximum absolute atomic E-state index is 5.23. The normalized spacial score (nSPS) is 14.5. The molecule has 0 aliphatic carbocycles. The van der Waals surface area contributed by atoms with Crippen molar-refractivity contribution < 1.29 is 4.74 Å². The molecule has 1 rings (SSSR count). The Hall–Kier alpha value is -0.380. The number of nitrogens with one attached hydrogen (secondary N) is 1. The van der Waals surface area contributed by atoms with Gasteiger partial charge in [0.15, 0.2) is 0 Å². The molecule has 0 aromatic heterocycles. The number of rotatable bonds is 9. The van der Waals surface area contributed by atoms with E-state index in [1.54, 1.807) is 7.11 Å². The first kappa shape index (κ1) is 17.7. The van der Waals surface area contributed by atoms with Crippen molar-refractivity contribution in [3.05, 3.63) is 34.3 Å². The van der Waals surface area contributed by atoms with Gasteiger partial charge < -0.3 is 10.1 Å². The molecule has 0 heterocycles. The van der Waals surface area contributed by atoms with Crippen LogP contribution in [0.4, 0.5) is 0 Å². The number of benzene rings is 1. The van der Waals surface area contributed by atoms with Gasteiger partial charge in [0, 0.05) is 24.2 Å². The number of hydrogen-bond donors (Lipinski definition) is 1. The molecular formula is C17H28BrNO. The summed E-state index contributed by atoms with van der Waals surface area (Å²) in [5.41, 5.74) is 1.41. The van der Waals surface area contributed by atoms with Crippen molar-refractivity contribution in [3.63, 3.8) is 0 Å². The highest BCUT2D eigenvalue weighted by Crippen LogP contribution is 2.21. The standard InChI is InChI=1S/C17H28BrNO/c1-13(2)19-12-16(14(3)9-10-20-4)11-15-5-7-17(18)8-6-15/h5-8,13-14,16,19H,9-12H2,1-4H3. The van der Waals surface area contributed by atoms with E-state index in [0.717, 1.165) is 30.5 Å². The van der Waals surface area contributed by atoms with Crippen LogP contribution in [0.5, 0.6) is 0 Å². The first-order chi connectivity index (χ1) is 9.52. The number of hydrogen-bond acceptors (Lipinski definition) is 2. The van der Waals surface area contributed by atoms with Crippen molar-refractivity contribution in [2.75, 3.05) is 20.3 Å². The zero-order valence-corrected chi connectivity index (χ0v) is 14.7. The summed E-state index contributed by atoms with van der Waals surface area (Å²) in [5, 5.41) is 3.58. The van der Waals surface area contributed by atoms with Crippen LogP contribution in [0.3, 0.4) is 0 Å². The fourth-order valence-corrected chi connectivity index (χ4v) is 2.59. The van der Waals surface area contributed by atoms with Gasteiger partial charge in [0.2, 0.25) is 0 Å². The summed E-state index contributed by atoms with van der Waals surface area (Å²) in [5.74, 6) is 1.30. The molecule has 0 fully saturated rings. The average molecular weight is 342 g/mol. The molecule has 2 nitrogen and oxygen atoms in total. The Bertz CT molecular complexity index is 364. The van der Waals surface area contributed by atoms with Crippen molar-refractivity contribution in [1.82, 2.24) is 5.32 Å². The molecule has 114 valence electrons. The number of halogens is 1. The minimum absolute atomic E-state index is 0.539. The predicted octanol–water partition coefficient (Wildman–Crippen LogP) is 4.28. The SMILES string of the molecule is COCCC(C)C(CNC(C)C)Cc1ccc(Br)cc1.